The average Bonchev–Trinajstić information content (AvgIpc) is 2.34. The predicted molar refractivity (Wildman–Crippen MR) is 78.5 cm³/mol. The largest absolute Gasteiger partial charge is 0.465 e. The summed E-state index contributed by atoms with van der Waals surface area (Å²) in [4.78, 5) is 23.2. The summed E-state index contributed by atoms with van der Waals surface area (Å²) in [6, 6.07) is 2.23. The van der Waals surface area contributed by atoms with Crippen molar-refractivity contribution >= 4 is 23.3 Å². The van der Waals surface area contributed by atoms with E-state index in [0.29, 0.717) is 0 Å². The maximum Gasteiger partial charge on any atom is 0.340 e. The number of hydrogen-bond donors (Lipinski definition) is 3. The van der Waals surface area contributed by atoms with Gasteiger partial charge in [-0.1, -0.05) is 0 Å². The van der Waals surface area contributed by atoms with E-state index in [1.165, 1.54) is 13.2 Å². The Balaban J connectivity index is 2.84. The topological polar surface area (TPSA) is 93.4 Å². The Labute approximate surface area is 122 Å². The van der Waals surface area contributed by atoms with Gasteiger partial charge in [-0.3, -0.25) is 4.79 Å². The number of carbonyl (C=O) groups excluding carboxylic acids is 2. The number of nitrogens with two attached hydrogens (primary N) is 1. The minimum Gasteiger partial charge on any atom is -0.465 e. The molecule has 0 fully saturated rings. The smallest absolute Gasteiger partial charge is 0.340 e. The molecule has 0 aliphatic carbocycles. The number of nitrogens with one attached hydrogen (secondary N) is 2. The molecule has 0 aliphatic heterocycles. The van der Waals surface area contributed by atoms with E-state index in [9.17, 15) is 14.0 Å². The predicted octanol–water partition coefficient (Wildman–Crippen LogP) is 1.52. The van der Waals surface area contributed by atoms with Crippen molar-refractivity contribution in [3.05, 3.63) is 23.5 Å². The van der Waals surface area contributed by atoms with Gasteiger partial charge in [-0.2, -0.15) is 0 Å². The molecule has 0 atom stereocenters. The van der Waals surface area contributed by atoms with Crippen LogP contribution in [-0.2, 0) is 9.53 Å². The SMILES string of the molecule is COC(=O)c1cc(NCC(=O)NC(C)(C)C)c(F)cc1N. The van der Waals surface area contributed by atoms with E-state index in [1.54, 1.807) is 0 Å². The van der Waals surface area contributed by atoms with E-state index < -0.39 is 11.8 Å². The molecule has 0 bridgehead atoms. The number of amides is 1. The molecule has 0 unspecified atom stereocenters. The Morgan fingerprint density at radius 2 is 1.95 bits per heavy atom. The van der Waals surface area contributed by atoms with Crippen molar-refractivity contribution in [2.45, 2.75) is 26.3 Å². The van der Waals surface area contributed by atoms with Crippen LogP contribution >= 0.6 is 0 Å². The molecule has 0 aliphatic rings. The van der Waals surface area contributed by atoms with Crippen molar-refractivity contribution in [1.82, 2.24) is 5.32 Å². The zero-order valence-corrected chi connectivity index (χ0v) is 12.5. The summed E-state index contributed by atoms with van der Waals surface area (Å²) in [7, 11) is 1.20. The Morgan fingerprint density at radius 3 is 2.48 bits per heavy atom. The molecule has 0 spiro atoms. The molecule has 0 aromatic heterocycles. The van der Waals surface area contributed by atoms with E-state index in [2.05, 4.69) is 15.4 Å². The van der Waals surface area contributed by atoms with Crippen molar-refractivity contribution in [2.24, 2.45) is 0 Å². The maximum atomic E-state index is 13.8. The van der Waals surface area contributed by atoms with Gasteiger partial charge in [0.1, 0.15) is 5.82 Å². The number of halogens is 1. The Kier molecular flexibility index (Phi) is 5.12. The first-order valence-corrected chi connectivity index (χ1v) is 6.36. The lowest BCUT2D eigenvalue weighted by atomic mass is 10.1. The van der Waals surface area contributed by atoms with E-state index in [-0.39, 0.29) is 34.9 Å². The quantitative estimate of drug-likeness (QED) is 0.579. The summed E-state index contributed by atoms with van der Waals surface area (Å²) in [5.41, 5.74) is 5.20. The highest BCUT2D eigenvalue weighted by molar-refractivity contribution is 5.96. The highest BCUT2D eigenvalue weighted by Gasteiger charge is 2.17. The van der Waals surface area contributed by atoms with Gasteiger partial charge >= 0.3 is 5.97 Å². The standard InChI is InChI=1S/C14H20FN3O3/c1-14(2,3)18-12(19)7-17-11-5-8(13(20)21-4)10(16)6-9(11)15/h5-6,17H,7,16H2,1-4H3,(H,18,19). The van der Waals surface area contributed by atoms with E-state index >= 15 is 0 Å². The van der Waals surface area contributed by atoms with Crippen LogP contribution < -0.4 is 16.4 Å². The molecule has 7 heteroatoms. The number of esters is 1. The molecule has 1 aromatic carbocycles. The van der Waals surface area contributed by atoms with Gasteiger partial charge in [-0.05, 0) is 32.9 Å². The molecular weight excluding hydrogens is 277 g/mol. The van der Waals surface area contributed by atoms with Gasteiger partial charge in [0.15, 0.2) is 0 Å². The fourth-order valence-electron chi connectivity index (χ4n) is 1.65. The van der Waals surface area contributed by atoms with Gasteiger partial charge in [0.05, 0.1) is 24.9 Å². The highest BCUT2D eigenvalue weighted by Crippen LogP contribution is 2.22. The fraction of sp³-hybridized carbons (Fsp3) is 0.429. The van der Waals surface area contributed by atoms with Crippen LogP contribution in [0.5, 0.6) is 0 Å². The number of rotatable bonds is 4. The molecule has 0 saturated heterocycles. The number of ether oxygens (including phenoxy) is 1. The van der Waals surface area contributed by atoms with Crippen LogP contribution in [0.15, 0.2) is 12.1 Å². The molecule has 0 radical (unpaired) electrons. The number of hydrogen-bond acceptors (Lipinski definition) is 5. The summed E-state index contributed by atoms with van der Waals surface area (Å²) >= 11 is 0. The third-order valence-corrected chi connectivity index (χ3v) is 2.50. The van der Waals surface area contributed by atoms with Crippen LogP contribution in [0, 0.1) is 5.82 Å². The first-order valence-electron chi connectivity index (χ1n) is 6.36. The van der Waals surface area contributed by atoms with Crippen LogP contribution in [0.4, 0.5) is 15.8 Å². The average molecular weight is 297 g/mol. The second-order valence-corrected chi connectivity index (χ2v) is 5.56. The summed E-state index contributed by atoms with van der Waals surface area (Å²) in [5, 5.41) is 5.36. The van der Waals surface area contributed by atoms with E-state index in [1.807, 2.05) is 20.8 Å². The Bertz CT molecular complexity index is 553. The van der Waals surface area contributed by atoms with Crippen LogP contribution in [0.3, 0.4) is 0 Å². The lowest BCUT2D eigenvalue weighted by Gasteiger charge is -2.21. The Morgan fingerprint density at radius 1 is 1.33 bits per heavy atom. The van der Waals surface area contributed by atoms with Crippen LogP contribution in [0.25, 0.3) is 0 Å². The van der Waals surface area contributed by atoms with Crippen molar-refractivity contribution < 1.29 is 18.7 Å². The van der Waals surface area contributed by atoms with Crippen LogP contribution in [0.2, 0.25) is 0 Å². The highest BCUT2D eigenvalue weighted by atomic mass is 19.1. The first kappa shape index (κ1) is 16.7. The third kappa shape index (κ3) is 4.94. The molecule has 1 rings (SSSR count). The lowest BCUT2D eigenvalue weighted by molar-refractivity contribution is -0.120. The molecule has 1 aromatic rings. The summed E-state index contributed by atoms with van der Waals surface area (Å²) in [6.45, 7) is 5.39. The van der Waals surface area contributed by atoms with Crippen molar-refractivity contribution in [3.8, 4) is 0 Å². The fourth-order valence-corrected chi connectivity index (χ4v) is 1.65. The number of carbonyl (C=O) groups is 2. The van der Waals surface area contributed by atoms with Crippen molar-refractivity contribution in [3.63, 3.8) is 0 Å². The second-order valence-electron chi connectivity index (χ2n) is 5.56. The summed E-state index contributed by atoms with van der Waals surface area (Å²) < 4.78 is 18.3. The van der Waals surface area contributed by atoms with Gasteiger partial charge in [0, 0.05) is 11.2 Å². The van der Waals surface area contributed by atoms with E-state index in [4.69, 9.17) is 5.73 Å². The number of benzene rings is 1. The van der Waals surface area contributed by atoms with Gasteiger partial charge in [-0.15, -0.1) is 0 Å². The number of methoxy groups -OCH3 is 1. The van der Waals surface area contributed by atoms with Gasteiger partial charge < -0.3 is 21.1 Å². The zero-order chi connectivity index (χ0) is 16.2. The van der Waals surface area contributed by atoms with Crippen molar-refractivity contribution in [2.75, 3.05) is 24.7 Å². The first-order chi connectivity index (χ1) is 9.64. The van der Waals surface area contributed by atoms with Crippen LogP contribution in [-0.4, -0.2) is 31.1 Å². The Hall–Kier alpha value is -2.31. The van der Waals surface area contributed by atoms with Gasteiger partial charge in [0.25, 0.3) is 0 Å². The summed E-state index contributed by atoms with van der Waals surface area (Å²) in [6.07, 6.45) is 0. The molecule has 1 amide bonds. The minimum absolute atomic E-state index is 0.00802. The molecule has 116 valence electrons. The van der Waals surface area contributed by atoms with Gasteiger partial charge in [-0.25, -0.2) is 9.18 Å². The molecule has 0 saturated carbocycles. The monoisotopic (exact) mass is 297 g/mol. The molecule has 21 heavy (non-hydrogen) atoms. The molecule has 6 nitrogen and oxygen atoms in total. The normalized spacial score (nSPS) is 10.9. The lowest BCUT2D eigenvalue weighted by Crippen LogP contribution is -2.43. The summed E-state index contributed by atoms with van der Waals surface area (Å²) in [5.74, 6) is -1.61. The zero-order valence-electron chi connectivity index (χ0n) is 12.5. The maximum absolute atomic E-state index is 13.8. The minimum atomic E-state index is -0.672. The second kappa shape index (κ2) is 6.43. The van der Waals surface area contributed by atoms with E-state index in [0.717, 1.165) is 6.07 Å². The molecular formula is C14H20FN3O3. The van der Waals surface area contributed by atoms with Crippen molar-refractivity contribution in [1.29, 1.82) is 0 Å². The van der Waals surface area contributed by atoms with Crippen LogP contribution in [0.1, 0.15) is 31.1 Å². The third-order valence-electron chi connectivity index (χ3n) is 2.50. The molecule has 0 heterocycles. The number of nitrogen functional groups attached to an aromatic ring is 1. The number of anilines is 2. The van der Waals surface area contributed by atoms with Gasteiger partial charge in [0.2, 0.25) is 5.91 Å². The molecule has 4 N–H and O–H groups in total.